The number of alkyl halides is 3. The van der Waals surface area contributed by atoms with Crippen molar-refractivity contribution in [2.24, 2.45) is 5.92 Å². The number of piperazine rings is 1. The van der Waals surface area contributed by atoms with E-state index < -0.39 is 23.8 Å². The van der Waals surface area contributed by atoms with Crippen LogP contribution in [0.3, 0.4) is 0 Å². The Morgan fingerprint density at radius 1 is 1.09 bits per heavy atom. The van der Waals surface area contributed by atoms with Gasteiger partial charge in [0, 0.05) is 38.1 Å². The van der Waals surface area contributed by atoms with Gasteiger partial charge in [-0.15, -0.1) is 0 Å². The Labute approximate surface area is 194 Å². The highest BCUT2D eigenvalue weighted by atomic mass is 35.5. The summed E-state index contributed by atoms with van der Waals surface area (Å²) in [5.74, 6) is -0.125. The molecule has 1 atom stereocenters. The first kappa shape index (κ1) is 24.6. The Hall–Kier alpha value is -3.01. The van der Waals surface area contributed by atoms with Crippen molar-refractivity contribution in [1.29, 1.82) is 0 Å². The molecule has 3 amide bonds. The molecule has 2 N–H and O–H groups in total. The first-order valence-corrected chi connectivity index (χ1v) is 10.8. The van der Waals surface area contributed by atoms with Crippen molar-refractivity contribution in [2.45, 2.75) is 26.1 Å². The van der Waals surface area contributed by atoms with Crippen LogP contribution in [0.25, 0.3) is 0 Å². The third-order valence-corrected chi connectivity index (χ3v) is 5.57. The van der Waals surface area contributed by atoms with Gasteiger partial charge in [0.1, 0.15) is 11.9 Å². The van der Waals surface area contributed by atoms with Crippen LogP contribution in [0, 0.1) is 5.92 Å². The van der Waals surface area contributed by atoms with Gasteiger partial charge in [-0.2, -0.15) is 13.2 Å². The fourth-order valence-electron chi connectivity index (χ4n) is 3.50. The highest BCUT2D eigenvalue weighted by molar-refractivity contribution is 6.33. The number of carbonyl (C=O) groups is 2. The predicted molar refractivity (Wildman–Crippen MR) is 120 cm³/mol. The van der Waals surface area contributed by atoms with Crippen molar-refractivity contribution < 1.29 is 22.8 Å². The summed E-state index contributed by atoms with van der Waals surface area (Å²) in [6, 6.07) is 8.54. The van der Waals surface area contributed by atoms with Gasteiger partial charge < -0.3 is 20.4 Å². The minimum absolute atomic E-state index is 0.0936. The second-order valence-corrected chi connectivity index (χ2v) is 8.43. The highest BCUT2D eigenvalue weighted by Crippen LogP contribution is 2.33. The molecule has 1 aliphatic rings. The monoisotopic (exact) mass is 483 g/mol. The zero-order valence-electron chi connectivity index (χ0n) is 18.2. The van der Waals surface area contributed by atoms with Crippen LogP contribution >= 0.6 is 11.6 Å². The number of nitrogens with zero attached hydrogens (tertiary/aromatic N) is 3. The second kappa shape index (κ2) is 10.3. The highest BCUT2D eigenvalue weighted by Gasteiger charge is 2.34. The summed E-state index contributed by atoms with van der Waals surface area (Å²) in [7, 11) is 0. The van der Waals surface area contributed by atoms with E-state index in [2.05, 4.69) is 15.6 Å². The number of hydrogen-bond donors (Lipinski definition) is 2. The van der Waals surface area contributed by atoms with Gasteiger partial charge in [-0.05, 0) is 24.1 Å². The first-order valence-electron chi connectivity index (χ1n) is 10.5. The maximum atomic E-state index is 13.1. The summed E-state index contributed by atoms with van der Waals surface area (Å²) in [5, 5.41) is 5.35. The van der Waals surface area contributed by atoms with Crippen molar-refractivity contribution in [3.8, 4) is 0 Å². The van der Waals surface area contributed by atoms with Crippen molar-refractivity contribution in [1.82, 2.24) is 15.2 Å². The molecule has 3 rings (SSSR count). The first-order chi connectivity index (χ1) is 15.6. The van der Waals surface area contributed by atoms with Crippen molar-refractivity contribution in [3.05, 3.63) is 53.2 Å². The number of rotatable bonds is 5. The molecule has 178 valence electrons. The van der Waals surface area contributed by atoms with Crippen LogP contribution in [-0.4, -0.2) is 54.0 Å². The van der Waals surface area contributed by atoms with Gasteiger partial charge in [-0.25, -0.2) is 9.78 Å². The fourth-order valence-corrected chi connectivity index (χ4v) is 3.78. The number of halogens is 4. The van der Waals surface area contributed by atoms with Gasteiger partial charge in [0.15, 0.2) is 0 Å². The quantitative estimate of drug-likeness (QED) is 0.666. The van der Waals surface area contributed by atoms with E-state index in [0.29, 0.717) is 31.9 Å². The van der Waals surface area contributed by atoms with E-state index in [1.807, 2.05) is 19.9 Å². The minimum atomic E-state index is -4.52. The molecule has 2 heterocycles. The topological polar surface area (TPSA) is 77.6 Å². The van der Waals surface area contributed by atoms with E-state index in [9.17, 15) is 22.8 Å². The molecule has 1 aliphatic heterocycles. The smallest absolute Gasteiger partial charge is 0.352 e. The number of amides is 3. The Morgan fingerprint density at radius 2 is 1.73 bits per heavy atom. The molecular formula is C22H25ClF3N5O2. The number of nitrogens with one attached hydrogen (secondary N) is 2. The lowest BCUT2D eigenvalue weighted by atomic mass is 10.0. The number of urea groups is 1. The van der Waals surface area contributed by atoms with Gasteiger partial charge >= 0.3 is 12.2 Å². The van der Waals surface area contributed by atoms with Crippen LogP contribution in [0.5, 0.6) is 0 Å². The molecule has 0 saturated carbocycles. The third kappa shape index (κ3) is 6.28. The number of benzene rings is 1. The van der Waals surface area contributed by atoms with E-state index in [0.717, 1.165) is 12.3 Å². The molecule has 11 heteroatoms. The molecule has 1 aromatic carbocycles. The standard InChI is InChI=1S/C22H25ClF3N5O2/c1-14(2)18(29-21(33)28-16-6-4-3-5-7-16)20(32)31-10-8-30(9-11-31)19-17(23)12-15(13-27-19)22(24,25)26/h3-7,12-14,18H,8-11H2,1-2H3,(H2,28,29,33)/t18-/m0/s1. The maximum Gasteiger partial charge on any atom is 0.417 e. The molecular weight excluding hydrogens is 459 g/mol. The molecule has 2 aromatic rings. The Balaban J connectivity index is 1.60. The molecule has 1 aromatic heterocycles. The van der Waals surface area contributed by atoms with Crippen molar-refractivity contribution in [3.63, 3.8) is 0 Å². The van der Waals surface area contributed by atoms with Crippen LogP contribution in [-0.2, 0) is 11.0 Å². The van der Waals surface area contributed by atoms with E-state index in [1.165, 1.54) is 0 Å². The Bertz CT molecular complexity index is 980. The Kier molecular flexibility index (Phi) is 7.68. The van der Waals surface area contributed by atoms with Gasteiger partial charge in [-0.1, -0.05) is 43.6 Å². The van der Waals surface area contributed by atoms with Gasteiger partial charge in [0.05, 0.1) is 10.6 Å². The van der Waals surface area contributed by atoms with Crippen LogP contribution in [0.1, 0.15) is 19.4 Å². The predicted octanol–water partition coefficient (Wildman–Crippen LogP) is 4.25. The molecule has 0 radical (unpaired) electrons. The summed E-state index contributed by atoms with van der Waals surface area (Å²) in [6.45, 7) is 5.03. The largest absolute Gasteiger partial charge is 0.417 e. The van der Waals surface area contributed by atoms with Crippen LogP contribution in [0.4, 0.5) is 29.5 Å². The number of anilines is 2. The lowest BCUT2D eigenvalue weighted by molar-refractivity contribution is -0.138. The van der Waals surface area contributed by atoms with E-state index in [4.69, 9.17) is 11.6 Å². The van der Waals surface area contributed by atoms with Gasteiger partial charge in [-0.3, -0.25) is 4.79 Å². The van der Waals surface area contributed by atoms with Crippen molar-refractivity contribution >= 4 is 35.0 Å². The molecule has 0 bridgehead atoms. The summed E-state index contributed by atoms with van der Waals surface area (Å²) in [4.78, 5) is 32.7. The summed E-state index contributed by atoms with van der Waals surface area (Å²) in [5.41, 5.74) is -0.302. The second-order valence-electron chi connectivity index (χ2n) is 8.03. The Morgan fingerprint density at radius 3 is 2.27 bits per heavy atom. The summed E-state index contributed by atoms with van der Waals surface area (Å²) < 4.78 is 38.5. The van der Waals surface area contributed by atoms with Crippen LogP contribution in [0.2, 0.25) is 5.02 Å². The van der Waals surface area contributed by atoms with Crippen molar-refractivity contribution in [2.75, 3.05) is 36.4 Å². The average Bonchev–Trinajstić information content (AvgIpc) is 2.77. The third-order valence-electron chi connectivity index (χ3n) is 5.29. The molecule has 7 nitrogen and oxygen atoms in total. The average molecular weight is 484 g/mol. The lowest BCUT2D eigenvalue weighted by Gasteiger charge is -2.38. The number of hydrogen-bond acceptors (Lipinski definition) is 4. The molecule has 1 fully saturated rings. The molecule has 1 saturated heterocycles. The van der Waals surface area contributed by atoms with E-state index >= 15 is 0 Å². The zero-order valence-corrected chi connectivity index (χ0v) is 19.0. The minimum Gasteiger partial charge on any atom is -0.352 e. The summed E-state index contributed by atoms with van der Waals surface area (Å²) >= 11 is 6.04. The number of para-hydroxylation sites is 1. The fraction of sp³-hybridized carbons (Fsp3) is 0.409. The molecule has 0 spiro atoms. The molecule has 0 aliphatic carbocycles. The SMILES string of the molecule is CC(C)[C@H](NC(=O)Nc1ccccc1)C(=O)N1CCN(c2ncc(C(F)(F)F)cc2Cl)CC1. The zero-order chi connectivity index (χ0) is 24.2. The van der Waals surface area contributed by atoms with Gasteiger partial charge in [0.25, 0.3) is 0 Å². The number of aromatic nitrogens is 1. The van der Waals surface area contributed by atoms with Crippen LogP contribution < -0.4 is 15.5 Å². The van der Waals surface area contributed by atoms with E-state index in [1.54, 1.807) is 34.1 Å². The summed E-state index contributed by atoms with van der Waals surface area (Å²) in [6.07, 6.45) is -3.77. The molecule has 0 unspecified atom stereocenters. The number of carbonyl (C=O) groups excluding carboxylic acids is 2. The normalized spacial score (nSPS) is 15.4. The lowest BCUT2D eigenvalue weighted by Crippen LogP contribution is -2.57. The maximum absolute atomic E-state index is 13.1. The number of pyridine rings is 1. The van der Waals surface area contributed by atoms with E-state index in [-0.39, 0.29) is 22.7 Å². The van der Waals surface area contributed by atoms with Gasteiger partial charge in [0.2, 0.25) is 5.91 Å². The molecule has 33 heavy (non-hydrogen) atoms. The van der Waals surface area contributed by atoms with Crippen LogP contribution in [0.15, 0.2) is 42.6 Å².